The van der Waals surface area contributed by atoms with Crippen molar-refractivity contribution in [1.82, 2.24) is 15.1 Å². The molecule has 1 atom stereocenters. The van der Waals surface area contributed by atoms with Crippen LogP contribution in [-0.2, 0) is 0 Å². The number of carbonyl (C=O) groups excluding carboxylic acids is 1. The quantitative estimate of drug-likeness (QED) is 0.587. The summed E-state index contributed by atoms with van der Waals surface area (Å²) >= 11 is 0. The zero-order chi connectivity index (χ0) is 20.6. The fourth-order valence-corrected chi connectivity index (χ4v) is 5.27. The molecule has 0 unspecified atom stereocenters. The van der Waals surface area contributed by atoms with Crippen LogP contribution in [0.5, 0.6) is 5.75 Å². The summed E-state index contributed by atoms with van der Waals surface area (Å²) in [7, 11) is 0. The van der Waals surface area contributed by atoms with Crippen molar-refractivity contribution >= 4 is 5.91 Å². The molecule has 4 rings (SSSR count). The van der Waals surface area contributed by atoms with Gasteiger partial charge in [0.25, 0.3) is 5.91 Å². The van der Waals surface area contributed by atoms with Crippen molar-refractivity contribution in [3.05, 3.63) is 29.8 Å². The second-order valence-electron chi connectivity index (χ2n) is 9.32. The number of ether oxygens (including phenoxy) is 1. The Labute approximate surface area is 182 Å². The molecule has 0 bridgehead atoms. The lowest BCUT2D eigenvalue weighted by molar-refractivity contribution is 0.0708. The molecule has 0 aromatic heterocycles. The van der Waals surface area contributed by atoms with E-state index in [2.05, 4.69) is 15.1 Å². The highest BCUT2D eigenvalue weighted by Crippen LogP contribution is 2.23. The molecule has 5 heteroatoms. The molecule has 5 nitrogen and oxygen atoms in total. The zero-order valence-electron chi connectivity index (χ0n) is 18.5. The van der Waals surface area contributed by atoms with Crippen molar-refractivity contribution in [2.24, 2.45) is 0 Å². The van der Waals surface area contributed by atoms with E-state index in [-0.39, 0.29) is 5.91 Å². The minimum absolute atomic E-state index is 0.182. The topological polar surface area (TPSA) is 44.8 Å². The predicted octanol–water partition coefficient (Wildman–Crippen LogP) is 4.08. The molecule has 1 aliphatic carbocycles. The average molecular weight is 414 g/mol. The minimum Gasteiger partial charge on any atom is -0.494 e. The lowest BCUT2D eigenvalue weighted by Crippen LogP contribution is -2.42. The van der Waals surface area contributed by atoms with E-state index in [9.17, 15) is 4.79 Å². The molecule has 2 heterocycles. The summed E-state index contributed by atoms with van der Waals surface area (Å²) in [5, 5.41) is 3.65. The number of nitrogens with zero attached hydrogens (tertiary/aromatic N) is 2. The molecule has 2 aliphatic heterocycles. The first-order chi connectivity index (χ1) is 14.8. The van der Waals surface area contributed by atoms with Crippen molar-refractivity contribution in [3.63, 3.8) is 0 Å². The van der Waals surface area contributed by atoms with Crippen molar-refractivity contribution in [1.29, 1.82) is 0 Å². The van der Waals surface area contributed by atoms with Gasteiger partial charge in [0.15, 0.2) is 0 Å². The van der Waals surface area contributed by atoms with Gasteiger partial charge in [-0.15, -0.1) is 0 Å². The molecule has 2 saturated heterocycles. The summed E-state index contributed by atoms with van der Waals surface area (Å²) in [6.07, 6.45) is 12.5. The Morgan fingerprint density at radius 2 is 1.70 bits per heavy atom. The van der Waals surface area contributed by atoms with Gasteiger partial charge in [-0.2, -0.15) is 0 Å². The van der Waals surface area contributed by atoms with E-state index >= 15 is 0 Å². The minimum atomic E-state index is 0.182. The van der Waals surface area contributed by atoms with Gasteiger partial charge in [-0.05, 0) is 95.3 Å². The fourth-order valence-electron chi connectivity index (χ4n) is 5.27. The third-order valence-corrected chi connectivity index (χ3v) is 7.03. The lowest BCUT2D eigenvalue weighted by Gasteiger charge is -2.28. The van der Waals surface area contributed by atoms with Crippen molar-refractivity contribution in [2.45, 2.75) is 76.3 Å². The normalized spacial score (nSPS) is 22.8. The second-order valence-corrected chi connectivity index (χ2v) is 9.32. The standard InChI is InChI=1S/C25H39N3O2/c29-25(28-18-7-10-23(28)20-27-16-4-5-17-27)21-11-13-24(14-12-21)30-19-6-3-15-26-22-8-1-2-9-22/h11-14,22-23,26H,1-10,15-20H2/t23-/m0/s1. The van der Waals surface area contributed by atoms with E-state index in [1.807, 2.05) is 24.3 Å². The number of likely N-dealkylation sites (tertiary alicyclic amines) is 2. The Hall–Kier alpha value is -1.59. The second kappa shape index (κ2) is 11.1. The third kappa shape index (κ3) is 5.98. The molecule has 0 radical (unpaired) electrons. The molecular weight excluding hydrogens is 374 g/mol. The molecule has 3 fully saturated rings. The Morgan fingerprint density at radius 1 is 0.933 bits per heavy atom. The molecule has 166 valence electrons. The number of hydrogen-bond acceptors (Lipinski definition) is 4. The molecule has 1 amide bonds. The smallest absolute Gasteiger partial charge is 0.254 e. The van der Waals surface area contributed by atoms with Crippen LogP contribution >= 0.6 is 0 Å². The molecule has 1 aromatic carbocycles. The van der Waals surface area contributed by atoms with Crippen molar-refractivity contribution in [3.8, 4) is 5.75 Å². The van der Waals surface area contributed by atoms with Gasteiger partial charge in [-0.3, -0.25) is 4.79 Å². The van der Waals surface area contributed by atoms with E-state index in [0.29, 0.717) is 6.04 Å². The van der Waals surface area contributed by atoms with E-state index in [1.165, 1.54) is 51.6 Å². The molecule has 3 aliphatic rings. The van der Waals surface area contributed by atoms with Crippen LogP contribution in [0.4, 0.5) is 0 Å². The van der Waals surface area contributed by atoms with E-state index in [4.69, 9.17) is 4.74 Å². The molecule has 1 aromatic rings. The van der Waals surface area contributed by atoms with Crippen LogP contribution < -0.4 is 10.1 Å². The maximum absolute atomic E-state index is 13.0. The van der Waals surface area contributed by atoms with Gasteiger partial charge < -0.3 is 19.9 Å². The summed E-state index contributed by atoms with van der Waals surface area (Å²) in [4.78, 5) is 17.7. The molecule has 30 heavy (non-hydrogen) atoms. The predicted molar refractivity (Wildman–Crippen MR) is 121 cm³/mol. The highest BCUT2D eigenvalue weighted by molar-refractivity contribution is 5.94. The van der Waals surface area contributed by atoms with E-state index < -0.39 is 0 Å². The van der Waals surface area contributed by atoms with Crippen molar-refractivity contribution in [2.75, 3.05) is 39.3 Å². The molecule has 1 saturated carbocycles. The van der Waals surface area contributed by atoms with Gasteiger partial charge in [-0.25, -0.2) is 0 Å². The number of nitrogens with one attached hydrogen (secondary N) is 1. The summed E-state index contributed by atoms with van der Waals surface area (Å²) < 4.78 is 5.89. The first-order valence-corrected chi connectivity index (χ1v) is 12.3. The van der Waals surface area contributed by atoms with E-state index in [1.54, 1.807) is 0 Å². The Bertz CT molecular complexity index is 651. The summed E-state index contributed by atoms with van der Waals surface area (Å²) in [6.45, 7) is 6.16. The number of carbonyl (C=O) groups is 1. The van der Waals surface area contributed by atoms with Crippen LogP contribution in [0, 0.1) is 0 Å². The maximum Gasteiger partial charge on any atom is 0.254 e. The summed E-state index contributed by atoms with van der Waals surface area (Å²) in [5.41, 5.74) is 0.788. The van der Waals surface area contributed by atoms with Crippen LogP contribution in [0.15, 0.2) is 24.3 Å². The lowest BCUT2D eigenvalue weighted by atomic mass is 10.1. The molecule has 1 N–H and O–H groups in total. The molecule has 0 spiro atoms. The highest BCUT2D eigenvalue weighted by atomic mass is 16.5. The number of rotatable bonds is 10. The Morgan fingerprint density at radius 3 is 2.47 bits per heavy atom. The number of hydrogen-bond donors (Lipinski definition) is 1. The van der Waals surface area contributed by atoms with Gasteiger partial charge in [0.05, 0.1) is 6.61 Å². The van der Waals surface area contributed by atoms with Gasteiger partial charge >= 0.3 is 0 Å². The van der Waals surface area contributed by atoms with Gasteiger partial charge in [-0.1, -0.05) is 12.8 Å². The summed E-state index contributed by atoms with van der Waals surface area (Å²) in [6, 6.07) is 8.91. The SMILES string of the molecule is O=C(c1ccc(OCCCCNC2CCCC2)cc1)N1CCC[C@H]1CN1CCCC1. The number of amides is 1. The van der Waals surface area contributed by atoms with Gasteiger partial charge in [0.2, 0.25) is 0 Å². The number of benzene rings is 1. The zero-order valence-corrected chi connectivity index (χ0v) is 18.5. The Kier molecular flexibility index (Phi) is 8.04. The van der Waals surface area contributed by atoms with Gasteiger partial charge in [0, 0.05) is 30.7 Å². The first kappa shape index (κ1) is 21.6. The van der Waals surface area contributed by atoms with Crippen LogP contribution in [0.2, 0.25) is 0 Å². The Balaban J connectivity index is 1.17. The fraction of sp³-hybridized carbons (Fsp3) is 0.720. The monoisotopic (exact) mass is 413 g/mol. The first-order valence-electron chi connectivity index (χ1n) is 12.3. The van der Waals surface area contributed by atoms with Crippen LogP contribution in [0.1, 0.15) is 74.6 Å². The van der Waals surface area contributed by atoms with Gasteiger partial charge in [0.1, 0.15) is 5.75 Å². The number of unbranched alkanes of at least 4 members (excludes halogenated alkanes) is 1. The summed E-state index contributed by atoms with van der Waals surface area (Å²) in [5.74, 6) is 1.05. The maximum atomic E-state index is 13.0. The largest absolute Gasteiger partial charge is 0.494 e. The van der Waals surface area contributed by atoms with Crippen molar-refractivity contribution < 1.29 is 9.53 Å². The average Bonchev–Trinajstić information content (AvgIpc) is 3.54. The van der Waals surface area contributed by atoms with Crippen LogP contribution in [0.25, 0.3) is 0 Å². The highest BCUT2D eigenvalue weighted by Gasteiger charge is 2.31. The van der Waals surface area contributed by atoms with Crippen LogP contribution in [0.3, 0.4) is 0 Å². The van der Waals surface area contributed by atoms with E-state index in [0.717, 1.165) is 69.3 Å². The third-order valence-electron chi connectivity index (χ3n) is 7.03. The molecular formula is C25H39N3O2. The van der Waals surface area contributed by atoms with Crippen LogP contribution in [-0.4, -0.2) is 67.1 Å².